The Morgan fingerprint density at radius 3 is 2.66 bits per heavy atom. The number of aliphatic hydroxyl groups is 1. The van der Waals surface area contributed by atoms with Crippen LogP contribution in [0.4, 0.5) is 13.2 Å². The van der Waals surface area contributed by atoms with E-state index in [0.29, 0.717) is 34.3 Å². The Morgan fingerprint density at radius 1 is 1.11 bits per heavy atom. The third-order valence-electron chi connectivity index (χ3n) is 6.60. The standard InChI is InChI=1S/C27H25F3N2O3/c1-15-13-19-17(5-4-10-31-19)24(22(15)21(14-33)35-26(2,3)27(28,29)30)18-6-7-20-23-16(9-12-34-20)8-11-32-25(18)23/h4-8,10-11,13,21,33H,9,12,14H2,1-3H3. The zero-order chi connectivity index (χ0) is 25.0. The number of halogens is 3. The molecule has 0 bridgehead atoms. The zero-order valence-electron chi connectivity index (χ0n) is 19.6. The molecule has 0 saturated heterocycles. The average molecular weight is 483 g/mol. The molecule has 5 nitrogen and oxygen atoms in total. The summed E-state index contributed by atoms with van der Waals surface area (Å²) in [6.07, 6.45) is -1.71. The highest BCUT2D eigenvalue weighted by Gasteiger charge is 2.50. The molecule has 1 N–H and O–H groups in total. The Hall–Kier alpha value is -3.23. The molecule has 1 aliphatic heterocycles. The highest BCUT2D eigenvalue weighted by Crippen LogP contribution is 2.45. The molecule has 0 aliphatic carbocycles. The van der Waals surface area contributed by atoms with Crippen LogP contribution < -0.4 is 4.74 Å². The lowest BCUT2D eigenvalue weighted by Crippen LogP contribution is -2.43. The van der Waals surface area contributed by atoms with Crippen LogP contribution in [0.25, 0.3) is 32.9 Å². The van der Waals surface area contributed by atoms with Crippen LogP contribution in [-0.4, -0.2) is 40.1 Å². The maximum atomic E-state index is 13.7. The van der Waals surface area contributed by atoms with Gasteiger partial charge in [-0.15, -0.1) is 0 Å². The number of pyridine rings is 2. The maximum Gasteiger partial charge on any atom is 0.416 e. The van der Waals surface area contributed by atoms with Crippen molar-refractivity contribution in [3.05, 3.63) is 65.5 Å². The summed E-state index contributed by atoms with van der Waals surface area (Å²) < 4.78 is 52.6. The topological polar surface area (TPSA) is 64.5 Å². The van der Waals surface area contributed by atoms with Gasteiger partial charge in [-0.3, -0.25) is 9.97 Å². The first-order valence-corrected chi connectivity index (χ1v) is 11.4. The van der Waals surface area contributed by atoms with E-state index in [1.165, 1.54) is 0 Å². The van der Waals surface area contributed by atoms with Crippen LogP contribution in [0.3, 0.4) is 0 Å². The van der Waals surface area contributed by atoms with Gasteiger partial charge in [-0.25, -0.2) is 0 Å². The summed E-state index contributed by atoms with van der Waals surface area (Å²) in [6.45, 7) is 3.67. The van der Waals surface area contributed by atoms with Gasteiger partial charge in [0.1, 0.15) is 11.9 Å². The summed E-state index contributed by atoms with van der Waals surface area (Å²) >= 11 is 0. The number of nitrogens with zero attached hydrogens (tertiary/aromatic N) is 2. The van der Waals surface area contributed by atoms with Crippen molar-refractivity contribution < 1.29 is 27.8 Å². The molecule has 1 atom stereocenters. The van der Waals surface area contributed by atoms with Crippen LogP contribution in [0.5, 0.6) is 5.75 Å². The van der Waals surface area contributed by atoms with Gasteiger partial charge in [0.2, 0.25) is 0 Å². The molecule has 3 heterocycles. The molecule has 0 saturated carbocycles. The Bertz CT molecular complexity index is 1420. The lowest BCUT2D eigenvalue weighted by molar-refractivity contribution is -0.280. The smallest absolute Gasteiger partial charge is 0.416 e. The van der Waals surface area contributed by atoms with Crippen molar-refractivity contribution in [1.29, 1.82) is 0 Å². The van der Waals surface area contributed by atoms with Crippen molar-refractivity contribution in [1.82, 2.24) is 9.97 Å². The molecular formula is C27H25F3N2O3. The average Bonchev–Trinajstić information content (AvgIpc) is 2.82. The molecule has 5 rings (SSSR count). The van der Waals surface area contributed by atoms with E-state index in [4.69, 9.17) is 9.47 Å². The van der Waals surface area contributed by atoms with Gasteiger partial charge < -0.3 is 14.6 Å². The molecule has 2 aromatic carbocycles. The SMILES string of the molecule is Cc1cc2ncccc2c(-c2ccc3c4c(ccnc24)CCO3)c1C(CO)OC(C)(C)C(F)(F)F. The van der Waals surface area contributed by atoms with E-state index in [-0.39, 0.29) is 0 Å². The fraction of sp³-hybridized carbons (Fsp3) is 0.333. The van der Waals surface area contributed by atoms with Gasteiger partial charge in [-0.05, 0) is 73.4 Å². The Kier molecular flexibility index (Phi) is 5.68. The van der Waals surface area contributed by atoms with Crippen LogP contribution in [0, 0.1) is 6.92 Å². The van der Waals surface area contributed by atoms with Gasteiger partial charge in [0, 0.05) is 35.2 Å². The van der Waals surface area contributed by atoms with E-state index >= 15 is 0 Å². The summed E-state index contributed by atoms with van der Waals surface area (Å²) in [5, 5.41) is 11.9. The number of rotatable bonds is 5. The van der Waals surface area contributed by atoms with Crippen molar-refractivity contribution in [3.8, 4) is 16.9 Å². The Balaban J connectivity index is 1.83. The van der Waals surface area contributed by atoms with Gasteiger partial charge in [0.15, 0.2) is 5.60 Å². The lowest BCUT2D eigenvalue weighted by Gasteiger charge is -2.34. The third kappa shape index (κ3) is 3.90. The highest BCUT2D eigenvalue weighted by atomic mass is 19.4. The minimum Gasteiger partial charge on any atom is -0.493 e. The quantitative estimate of drug-likeness (QED) is 0.373. The van der Waals surface area contributed by atoms with Gasteiger partial charge >= 0.3 is 6.18 Å². The van der Waals surface area contributed by atoms with Crippen molar-refractivity contribution in [2.24, 2.45) is 0 Å². The van der Waals surface area contributed by atoms with Crippen molar-refractivity contribution in [2.75, 3.05) is 13.2 Å². The minimum atomic E-state index is -4.62. The van der Waals surface area contributed by atoms with Crippen molar-refractivity contribution in [2.45, 2.75) is 45.1 Å². The highest BCUT2D eigenvalue weighted by molar-refractivity contribution is 6.07. The fourth-order valence-electron chi connectivity index (χ4n) is 4.79. The van der Waals surface area contributed by atoms with Crippen LogP contribution in [-0.2, 0) is 11.2 Å². The number of aliphatic hydroxyl groups excluding tert-OH is 1. The van der Waals surface area contributed by atoms with Crippen molar-refractivity contribution in [3.63, 3.8) is 0 Å². The van der Waals surface area contributed by atoms with Crippen LogP contribution in [0.1, 0.15) is 36.6 Å². The molecule has 2 aromatic heterocycles. The largest absolute Gasteiger partial charge is 0.493 e. The van der Waals surface area contributed by atoms with E-state index in [0.717, 1.165) is 47.9 Å². The van der Waals surface area contributed by atoms with E-state index in [1.54, 1.807) is 25.4 Å². The van der Waals surface area contributed by atoms with Gasteiger partial charge in [-0.1, -0.05) is 6.07 Å². The number of benzene rings is 2. The van der Waals surface area contributed by atoms with E-state index in [9.17, 15) is 18.3 Å². The summed E-state index contributed by atoms with van der Waals surface area (Å²) in [7, 11) is 0. The molecule has 0 spiro atoms. The second kappa shape index (κ2) is 8.46. The molecule has 0 fully saturated rings. The fourth-order valence-corrected chi connectivity index (χ4v) is 4.79. The molecule has 35 heavy (non-hydrogen) atoms. The minimum absolute atomic E-state index is 0.476. The number of aromatic nitrogens is 2. The number of ether oxygens (including phenoxy) is 2. The Labute approximate surface area is 200 Å². The molecule has 1 unspecified atom stereocenters. The van der Waals surface area contributed by atoms with Crippen molar-refractivity contribution >= 4 is 21.8 Å². The monoisotopic (exact) mass is 482 g/mol. The molecule has 0 amide bonds. The van der Waals surface area contributed by atoms with Crippen LogP contribution >= 0.6 is 0 Å². The number of hydrogen-bond donors (Lipinski definition) is 1. The second-order valence-corrected chi connectivity index (χ2v) is 9.25. The first-order chi connectivity index (χ1) is 16.6. The zero-order valence-corrected chi connectivity index (χ0v) is 19.6. The first kappa shape index (κ1) is 23.5. The predicted molar refractivity (Wildman–Crippen MR) is 127 cm³/mol. The van der Waals surface area contributed by atoms with Gasteiger partial charge in [0.25, 0.3) is 0 Å². The van der Waals surface area contributed by atoms with Gasteiger partial charge in [-0.2, -0.15) is 13.2 Å². The lowest BCUT2D eigenvalue weighted by atomic mass is 9.86. The number of fused-ring (bicyclic) bond motifs is 1. The normalized spacial score (nSPS) is 14.8. The van der Waals surface area contributed by atoms with Gasteiger partial charge in [0.05, 0.1) is 24.2 Å². The van der Waals surface area contributed by atoms with E-state index in [1.807, 2.05) is 30.3 Å². The number of hydrogen-bond acceptors (Lipinski definition) is 5. The number of aryl methyl sites for hydroxylation is 1. The van der Waals surface area contributed by atoms with Crippen LogP contribution in [0.15, 0.2) is 48.8 Å². The second-order valence-electron chi connectivity index (χ2n) is 9.25. The Morgan fingerprint density at radius 2 is 1.91 bits per heavy atom. The molecular weight excluding hydrogens is 457 g/mol. The molecule has 1 aliphatic rings. The first-order valence-electron chi connectivity index (χ1n) is 11.4. The van der Waals surface area contributed by atoms with E-state index < -0.39 is 24.5 Å². The molecule has 182 valence electrons. The maximum absolute atomic E-state index is 13.7. The number of alkyl halides is 3. The summed E-state index contributed by atoms with van der Waals surface area (Å²) in [4.78, 5) is 9.14. The van der Waals surface area contributed by atoms with Crippen LogP contribution in [0.2, 0.25) is 0 Å². The van der Waals surface area contributed by atoms with E-state index in [2.05, 4.69) is 9.97 Å². The summed E-state index contributed by atoms with van der Waals surface area (Å²) in [5.41, 5.74) is 2.51. The molecule has 4 aromatic rings. The molecule has 8 heteroatoms. The molecule has 0 radical (unpaired) electrons. The predicted octanol–water partition coefficient (Wildman–Crippen LogP) is 6.08. The third-order valence-corrected chi connectivity index (χ3v) is 6.60. The summed E-state index contributed by atoms with van der Waals surface area (Å²) in [6, 6.07) is 11.2. The summed E-state index contributed by atoms with van der Waals surface area (Å²) in [5.74, 6) is 0.725.